The highest BCUT2D eigenvalue weighted by Gasteiger charge is 2.09. The summed E-state index contributed by atoms with van der Waals surface area (Å²) in [6, 6.07) is 11.3. The van der Waals surface area contributed by atoms with Gasteiger partial charge in [-0.1, -0.05) is 12.1 Å². The summed E-state index contributed by atoms with van der Waals surface area (Å²) in [5.74, 6) is 0.587. The van der Waals surface area contributed by atoms with Crippen molar-refractivity contribution in [1.29, 1.82) is 0 Å². The highest BCUT2D eigenvalue weighted by Crippen LogP contribution is 2.13. The van der Waals surface area contributed by atoms with E-state index in [4.69, 9.17) is 4.74 Å². The van der Waals surface area contributed by atoms with E-state index in [-0.39, 0.29) is 5.91 Å². The third-order valence-corrected chi connectivity index (χ3v) is 3.26. The topological polar surface area (TPSA) is 51.2 Å². The standard InChI is InChI=1S/C15H15BrN2O2/c1-11-4-2-5-12(10-11)20-9-8-18-15(19)14-13(16)6-3-7-17-14/h2-7,10H,8-9H2,1H3,(H,18,19). The minimum Gasteiger partial charge on any atom is -0.492 e. The number of ether oxygens (including phenoxy) is 1. The van der Waals surface area contributed by atoms with E-state index in [1.807, 2.05) is 31.2 Å². The van der Waals surface area contributed by atoms with Crippen LogP contribution >= 0.6 is 15.9 Å². The molecule has 0 spiro atoms. The first-order chi connectivity index (χ1) is 9.66. The molecular formula is C15H15BrN2O2. The second-order valence-corrected chi connectivity index (χ2v) is 5.11. The third-order valence-electron chi connectivity index (χ3n) is 2.62. The molecule has 1 N–H and O–H groups in total. The maximum absolute atomic E-state index is 11.9. The Morgan fingerprint density at radius 1 is 1.35 bits per heavy atom. The summed E-state index contributed by atoms with van der Waals surface area (Å²) >= 11 is 3.30. The number of nitrogens with one attached hydrogen (secondary N) is 1. The van der Waals surface area contributed by atoms with Crippen LogP contribution in [-0.4, -0.2) is 24.0 Å². The highest BCUT2D eigenvalue weighted by molar-refractivity contribution is 9.10. The van der Waals surface area contributed by atoms with E-state index in [1.165, 1.54) is 0 Å². The van der Waals surface area contributed by atoms with Crippen molar-refractivity contribution in [2.24, 2.45) is 0 Å². The first kappa shape index (κ1) is 14.5. The van der Waals surface area contributed by atoms with Gasteiger partial charge in [-0.3, -0.25) is 4.79 Å². The molecule has 1 heterocycles. The zero-order valence-electron chi connectivity index (χ0n) is 11.1. The number of aryl methyl sites for hydroxylation is 1. The Balaban J connectivity index is 1.79. The lowest BCUT2D eigenvalue weighted by Gasteiger charge is -2.08. The number of rotatable bonds is 5. The number of amides is 1. The van der Waals surface area contributed by atoms with Gasteiger partial charge in [0.05, 0.1) is 6.54 Å². The van der Waals surface area contributed by atoms with Gasteiger partial charge in [0.15, 0.2) is 0 Å². The molecule has 2 rings (SSSR count). The van der Waals surface area contributed by atoms with E-state index in [0.717, 1.165) is 11.3 Å². The van der Waals surface area contributed by atoms with Gasteiger partial charge in [0.2, 0.25) is 0 Å². The number of pyridine rings is 1. The molecule has 0 aliphatic carbocycles. The molecule has 0 saturated heterocycles. The van der Waals surface area contributed by atoms with Gasteiger partial charge in [-0.15, -0.1) is 0 Å². The fourth-order valence-corrected chi connectivity index (χ4v) is 2.11. The molecule has 5 heteroatoms. The Kier molecular flexibility index (Phi) is 5.12. The lowest BCUT2D eigenvalue weighted by Crippen LogP contribution is -2.29. The van der Waals surface area contributed by atoms with Crippen molar-refractivity contribution in [2.45, 2.75) is 6.92 Å². The molecule has 0 atom stereocenters. The first-order valence-electron chi connectivity index (χ1n) is 6.25. The van der Waals surface area contributed by atoms with Crippen molar-refractivity contribution < 1.29 is 9.53 Å². The van der Waals surface area contributed by atoms with Crippen LogP contribution in [0.1, 0.15) is 16.1 Å². The summed E-state index contributed by atoms with van der Waals surface area (Å²) in [5, 5.41) is 2.77. The van der Waals surface area contributed by atoms with Crippen LogP contribution in [0.3, 0.4) is 0 Å². The quantitative estimate of drug-likeness (QED) is 0.855. The third kappa shape index (κ3) is 4.06. The van der Waals surface area contributed by atoms with Gasteiger partial charge < -0.3 is 10.1 Å². The lowest BCUT2D eigenvalue weighted by atomic mass is 10.2. The van der Waals surface area contributed by atoms with Crippen LogP contribution in [0.25, 0.3) is 0 Å². The average molecular weight is 335 g/mol. The second-order valence-electron chi connectivity index (χ2n) is 4.25. The van der Waals surface area contributed by atoms with Crippen molar-refractivity contribution in [3.05, 3.63) is 58.3 Å². The molecule has 2 aromatic rings. The fraction of sp³-hybridized carbons (Fsp3) is 0.200. The lowest BCUT2D eigenvalue weighted by molar-refractivity contribution is 0.0941. The van der Waals surface area contributed by atoms with E-state index in [1.54, 1.807) is 18.3 Å². The average Bonchev–Trinajstić information content (AvgIpc) is 2.44. The predicted molar refractivity (Wildman–Crippen MR) is 80.9 cm³/mol. The summed E-state index contributed by atoms with van der Waals surface area (Å²) in [4.78, 5) is 15.9. The number of carbonyl (C=O) groups is 1. The van der Waals surface area contributed by atoms with Crippen LogP contribution < -0.4 is 10.1 Å². The van der Waals surface area contributed by atoms with E-state index >= 15 is 0 Å². The fourth-order valence-electron chi connectivity index (χ4n) is 1.68. The van der Waals surface area contributed by atoms with Crippen molar-refractivity contribution in [1.82, 2.24) is 10.3 Å². The van der Waals surface area contributed by atoms with Crippen molar-refractivity contribution in [2.75, 3.05) is 13.2 Å². The summed E-state index contributed by atoms with van der Waals surface area (Å²) in [6.45, 7) is 2.85. The first-order valence-corrected chi connectivity index (χ1v) is 7.04. The molecular weight excluding hydrogens is 320 g/mol. The number of hydrogen-bond acceptors (Lipinski definition) is 3. The maximum atomic E-state index is 11.9. The van der Waals surface area contributed by atoms with E-state index in [0.29, 0.717) is 23.3 Å². The molecule has 104 valence electrons. The van der Waals surface area contributed by atoms with Crippen LogP contribution in [0.5, 0.6) is 5.75 Å². The number of benzene rings is 1. The van der Waals surface area contributed by atoms with Crippen molar-refractivity contribution in [3.8, 4) is 5.75 Å². The van der Waals surface area contributed by atoms with Gasteiger partial charge in [0, 0.05) is 10.7 Å². The summed E-state index contributed by atoms with van der Waals surface area (Å²) in [7, 11) is 0. The van der Waals surface area contributed by atoms with Crippen LogP contribution in [0.15, 0.2) is 47.1 Å². The monoisotopic (exact) mass is 334 g/mol. The number of halogens is 1. The molecule has 0 saturated carbocycles. The largest absolute Gasteiger partial charge is 0.492 e. The summed E-state index contributed by atoms with van der Waals surface area (Å²) < 4.78 is 6.23. The van der Waals surface area contributed by atoms with Gasteiger partial charge in [-0.05, 0) is 52.7 Å². The zero-order chi connectivity index (χ0) is 14.4. The van der Waals surface area contributed by atoms with E-state index < -0.39 is 0 Å². The number of nitrogens with zero attached hydrogens (tertiary/aromatic N) is 1. The number of hydrogen-bond donors (Lipinski definition) is 1. The van der Waals surface area contributed by atoms with Crippen LogP contribution in [-0.2, 0) is 0 Å². The minimum atomic E-state index is -0.217. The van der Waals surface area contributed by atoms with E-state index in [2.05, 4.69) is 26.2 Å². The zero-order valence-corrected chi connectivity index (χ0v) is 12.7. The molecule has 0 bridgehead atoms. The van der Waals surface area contributed by atoms with Gasteiger partial charge in [0.25, 0.3) is 5.91 Å². The number of carbonyl (C=O) groups excluding carboxylic acids is 1. The van der Waals surface area contributed by atoms with Crippen molar-refractivity contribution in [3.63, 3.8) is 0 Å². The molecule has 20 heavy (non-hydrogen) atoms. The van der Waals surface area contributed by atoms with E-state index in [9.17, 15) is 4.79 Å². The van der Waals surface area contributed by atoms with Gasteiger partial charge in [-0.2, -0.15) is 0 Å². The van der Waals surface area contributed by atoms with Crippen molar-refractivity contribution >= 4 is 21.8 Å². The predicted octanol–water partition coefficient (Wildman–Crippen LogP) is 2.96. The second kappa shape index (κ2) is 7.05. The Morgan fingerprint density at radius 2 is 2.20 bits per heavy atom. The maximum Gasteiger partial charge on any atom is 0.271 e. The van der Waals surface area contributed by atoms with Crippen LogP contribution in [0, 0.1) is 6.92 Å². The molecule has 0 unspecified atom stereocenters. The molecule has 0 fully saturated rings. The Labute approximate surface area is 126 Å². The van der Waals surface area contributed by atoms with Gasteiger partial charge in [-0.25, -0.2) is 4.98 Å². The smallest absolute Gasteiger partial charge is 0.271 e. The number of aromatic nitrogens is 1. The Hall–Kier alpha value is -1.88. The molecule has 4 nitrogen and oxygen atoms in total. The van der Waals surface area contributed by atoms with Crippen LogP contribution in [0.4, 0.5) is 0 Å². The normalized spacial score (nSPS) is 10.1. The molecule has 0 radical (unpaired) electrons. The molecule has 1 aromatic heterocycles. The molecule has 0 aliphatic rings. The highest BCUT2D eigenvalue weighted by atomic mass is 79.9. The Bertz CT molecular complexity index is 602. The minimum absolute atomic E-state index is 0.217. The van der Waals surface area contributed by atoms with Gasteiger partial charge >= 0.3 is 0 Å². The molecule has 1 aromatic carbocycles. The molecule has 0 aliphatic heterocycles. The Morgan fingerprint density at radius 3 is 2.95 bits per heavy atom. The van der Waals surface area contributed by atoms with Crippen LogP contribution in [0.2, 0.25) is 0 Å². The van der Waals surface area contributed by atoms with Gasteiger partial charge in [0.1, 0.15) is 18.1 Å². The molecule has 1 amide bonds. The summed E-state index contributed by atoms with van der Waals surface area (Å²) in [5.41, 5.74) is 1.52. The summed E-state index contributed by atoms with van der Waals surface area (Å²) in [6.07, 6.45) is 1.59. The SMILES string of the molecule is Cc1cccc(OCCNC(=O)c2ncccc2Br)c1.